The molecule has 14 heavy (non-hydrogen) atoms. The summed E-state index contributed by atoms with van der Waals surface area (Å²) < 4.78 is 0. The Hall–Kier alpha value is -1.34. The van der Waals surface area contributed by atoms with Crippen LogP contribution in [0.3, 0.4) is 0 Å². The number of nitrogens with two attached hydrogens (primary N) is 1. The van der Waals surface area contributed by atoms with E-state index in [1.165, 1.54) is 16.5 Å². The van der Waals surface area contributed by atoms with Gasteiger partial charge in [-0.05, 0) is 17.5 Å². The molecule has 0 aromatic heterocycles. The van der Waals surface area contributed by atoms with Crippen molar-refractivity contribution in [3.05, 3.63) is 42.5 Å². The van der Waals surface area contributed by atoms with Crippen LogP contribution in [0.4, 0.5) is 5.69 Å². The molecule has 2 rings (SSSR count). The second-order valence-corrected chi connectivity index (χ2v) is 2.86. The number of hydrogen-bond donors (Lipinski definition) is 1. The minimum atomic E-state index is 1.31. The van der Waals surface area contributed by atoms with Crippen molar-refractivity contribution in [2.45, 2.75) is 13.8 Å². The minimum Gasteiger partial charge on any atom is -0.316 e. The summed E-state index contributed by atoms with van der Waals surface area (Å²) in [6, 6.07) is 14.8. The van der Waals surface area contributed by atoms with Crippen LogP contribution >= 0.6 is 0 Å². The zero-order chi connectivity index (χ0) is 10.4. The molecule has 2 aromatic carbocycles. The lowest BCUT2D eigenvalue weighted by Gasteiger charge is -1.99. The molecule has 0 spiro atoms. The van der Waals surface area contributed by atoms with E-state index in [1.54, 1.807) is 0 Å². The van der Waals surface area contributed by atoms with Crippen molar-refractivity contribution in [1.82, 2.24) is 0 Å². The maximum absolute atomic E-state index is 2.16. The van der Waals surface area contributed by atoms with Gasteiger partial charge >= 0.3 is 0 Å². The monoisotopic (exact) mass is 188 g/mol. The highest BCUT2D eigenvalue weighted by atomic mass is 14.8. The fourth-order valence-corrected chi connectivity index (χ4v) is 1.50. The molecular weight excluding hydrogens is 170 g/mol. The van der Waals surface area contributed by atoms with Gasteiger partial charge in [0.2, 0.25) is 0 Å². The van der Waals surface area contributed by atoms with Gasteiger partial charge in [-0.15, -0.1) is 0 Å². The first-order chi connectivity index (χ1) is 6.92. The van der Waals surface area contributed by atoms with E-state index in [0.717, 1.165) is 0 Å². The predicted octanol–water partition coefficient (Wildman–Crippen LogP) is 2.69. The smallest absolute Gasteiger partial charge is 0.137 e. The van der Waals surface area contributed by atoms with Crippen LogP contribution < -0.4 is 5.32 Å². The van der Waals surface area contributed by atoms with Crippen LogP contribution in [0.5, 0.6) is 0 Å². The molecule has 2 N–H and O–H groups in total. The maximum atomic E-state index is 2.16. The van der Waals surface area contributed by atoms with Gasteiger partial charge in [-0.25, -0.2) is 0 Å². The Morgan fingerprint density at radius 2 is 1.50 bits per heavy atom. The second-order valence-electron chi connectivity index (χ2n) is 2.86. The molecule has 2 aromatic rings. The summed E-state index contributed by atoms with van der Waals surface area (Å²) in [5, 5.41) is 4.79. The van der Waals surface area contributed by atoms with Crippen LogP contribution in [0.25, 0.3) is 10.8 Å². The van der Waals surface area contributed by atoms with Crippen molar-refractivity contribution < 1.29 is 5.32 Å². The summed E-state index contributed by atoms with van der Waals surface area (Å²) in [5.41, 5.74) is 1.31. The topological polar surface area (TPSA) is 16.6 Å². The fourth-order valence-electron chi connectivity index (χ4n) is 1.50. The fraction of sp³-hybridized carbons (Fsp3) is 0.231. The largest absolute Gasteiger partial charge is 0.316 e. The van der Waals surface area contributed by atoms with Crippen LogP contribution in [0.2, 0.25) is 0 Å². The van der Waals surface area contributed by atoms with Crippen molar-refractivity contribution >= 4 is 16.5 Å². The number of quaternary nitrogens is 1. The average Bonchev–Trinajstić information content (AvgIpc) is 2.31. The van der Waals surface area contributed by atoms with Crippen molar-refractivity contribution in [3.8, 4) is 0 Å². The normalized spacial score (nSPS) is 9.36. The molecule has 0 radical (unpaired) electrons. The third-order valence-corrected chi connectivity index (χ3v) is 2.13. The van der Waals surface area contributed by atoms with Gasteiger partial charge in [0.25, 0.3) is 0 Å². The van der Waals surface area contributed by atoms with E-state index in [2.05, 4.69) is 54.8 Å². The number of rotatable bonds is 1. The molecule has 1 nitrogen and oxygen atoms in total. The third kappa shape index (κ3) is 2.12. The Bertz CT molecular complexity index is 388. The van der Waals surface area contributed by atoms with E-state index < -0.39 is 0 Å². The lowest BCUT2D eigenvalue weighted by Crippen LogP contribution is -2.72. The molecule has 0 atom stereocenters. The van der Waals surface area contributed by atoms with Crippen LogP contribution in [-0.4, -0.2) is 7.05 Å². The average molecular weight is 188 g/mol. The van der Waals surface area contributed by atoms with E-state index in [4.69, 9.17) is 0 Å². The Kier molecular flexibility index (Phi) is 4.14. The summed E-state index contributed by atoms with van der Waals surface area (Å²) in [4.78, 5) is 0. The van der Waals surface area contributed by atoms with E-state index in [-0.39, 0.29) is 0 Å². The van der Waals surface area contributed by atoms with Gasteiger partial charge in [-0.3, -0.25) is 0 Å². The van der Waals surface area contributed by atoms with E-state index in [9.17, 15) is 0 Å². The Balaban J connectivity index is 0.000000461. The van der Waals surface area contributed by atoms with Gasteiger partial charge in [0, 0.05) is 5.39 Å². The SMILES string of the molecule is CC.C[NH2+]c1cccc2ccccc12. The molecule has 0 aliphatic heterocycles. The minimum absolute atomic E-state index is 1.31. The van der Waals surface area contributed by atoms with Crippen LogP contribution in [0.1, 0.15) is 13.8 Å². The molecular formula is C13H18N+. The number of hydrogen-bond acceptors (Lipinski definition) is 0. The predicted molar refractivity (Wildman–Crippen MR) is 62.8 cm³/mol. The molecule has 0 bridgehead atoms. The van der Waals surface area contributed by atoms with Crippen molar-refractivity contribution in [3.63, 3.8) is 0 Å². The first-order valence-corrected chi connectivity index (χ1v) is 5.19. The zero-order valence-electron chi connectivity index (χ0n) is 9.12. The Morgan fingerprint density at radius 1 is 0.857 bits per heavy atom. The Morgan fingerprint density at radius 3 is 2.21 bits per heavy atom. The summed E-state index contributed by atoms with van der Waals surface area (Å²) in [6.45, 7) is 4.00. The Labute approximate surface area is 85.8 Å². The third-order valence-electron chi connectivity index (χ3n) is 2.13. The summed E-state index contributed by atoms with van der Waals surface area (Å²) >= 11 is 0. The molecule has 0 heterocycles. The molecule has 74 valence electrons. The van der Waals surface area contributed by atoms with Crippen LogP contribution in [0.15, 0.2) is 42.5 Å². The first-order valence-electron chi connectivity index (χ1n) is 5.19. The maximum Gasteiger partial charge on any atom is 0.137 e. The molecule has 0 unspecified atom stereocenters. The standard InChI is InChI=1S/C11H11N.C2H6/c1-12-11-8-4-6-9-5-2-3-7-10(9)11;1-2/h2-8,12H,1H3;1-2H3/p+1. The highest BCUT2D eigenvalue weighted by molar-refractivity contribution is 5.90. The van der Waals surface area contributed by atoms with Gasteiger partial charge in [0.1, 0.15) is 5.69 Å². The molecule has 0 saturated carbocycles. The van der Waals surface area contributed by atoms with Gasteiger partial charge in [0.15, 0.2) is 0 Å². The summed E-state index contributed by atoms with van der Waals surface area (Å²) in [7, 11) is 2.07. The number of benzene rings is 2. The van der Waals surface area contributed by atoms with Crippen LogP contribution in [-0.2, 0) is 0 Å². The lowest BCUT2D eigenvalue weighted by molar-refractivity contribution is -0.537. The van der Waals surface area contributed by atoms with Crippen molar-refractivity contribution in [2.75, 3.05) is 7.05 Å². The molecule has 0 fully saturated rings. The van der Waals surface area contributed by atoms with Crippen molar-refractivity contribution in [1.29, 1.82) is 0 Å². The molecule has 0 saturated heterocycles. The molecule has 0 amide bonds. The molecule has 0 aliphatic carbocycles. The lowest BCUT2D eigenvalue weighted by atomic mass is 10.1. The van der Waals surface area contributed by atoms with Crippen molar-refractivity contribution in [2.24, 2.45) is 0 Å². The first kappa shape index (κ1) is 10.7. The van der Waals surface area contributed by atoms with Gasteiger partial charge in [0.05, 0.1) is 7.05 Å². The van der Waals surface area contributed by atoms with E-state index in [1.807, 2.05) is 13.8 Å². The summed E-state index contributed by atoms with van der Waals surface area (Å²) in [6.07, 6.45) is 0. The quantitative estimate of drug-likeness (QED) is 0.663. The molecule has 1 heteroatoms. The number of fused-ring (bicyclic) bond motifs is 1. The van der Waals surface area contributed by atoms with Gasteiger partial charge in [-0.1, -0.05) is 44.2 Å². The second kappa shape index (κ2) is 5.40. The van der Waals surface area contributed by atoms with E-state index in [0.29, 0.717) is 0 Å². The zero-order valence-corrected chi connectivity index (χ0v) is 9.12. The van der Waals surface area contributed by atoms with Gasteiger partial charge < -0.3 is 5.32 Å². The highest BCUT2D eigenvalue weighted by Gasteiger charge is 1.98. The van der Waals surface area contributed by atoms with Crippen LogP contribution in [0, 0.1) is 0 Å². The van der Waals surface area contributed by atoms with Gasteiger partial charge in [-0.2, -0.15) is 0 Å². The molecule has 0 aliphatic rings. The highest BCUT2D eigenvalue weighted by Crippen LogP contribution is 2.18. The van der Waals surface area contributed by atoms with E-state index >= 15 is 0 Å². The summed E-state index contributed by atoms with van der Waals surface area (Å²) in [5.74, 6) is 0.